The number of rotatable bonds is 4. The Morgan fingerprint density at radius 1 is 1.09 bits per heavy atom. The summed E-state index contributed by atoms with van der Waals surface area (Å²) in [5, 5.41) is 0.436. The molecule has 1 spiro atoms. The van der Waals surface area contributed by atoms with Gasteiger partial charge in [-0.1, -0.05) is 11.6 Å². The number of halogens is 1. The maximum atomic E-state index is 14.0. The van der Waals surface area contributed by atoms with Crippen molar-refractivity contribution in [2.45, 2.75) is 42.0 Å². The molecular weight excluding hydrogens is 486 g/mol. The fourth-order valence-electron chi connectivity index (χ4n) is 5.43. The minimum atomic E-state index is -3.96. The summed E-state index contributed by atoms with van der Waals surface area (Å²) < 4.78 is 58.9. The fraction of sp³-hybridized carbons (Fsp3) is 0.435. The average molecular weight is 510 g/mol. The molecule has 0 amide bonds. The third-order valence-corrected chi connectivity index (χ3v) is 10.9. The lowest BCUT2D eigenvalue weighted by molar-refractivity contribution is 0.0600. The molecule has 3 aliphatic rings. The summed E-state index contributed by atoms with van der Waals surface area (Å²) in [7, 11) is -5.86. The summed E-state index contributed by atoms with van der Waals surface area (Å²) in [5.74, 6) is -0.403. The second-order valence-corrected chi connectivity index (χ2v) is 13.6. The number of sulfone groups is 1. The highest BCUT2D eigenvalue weighted by Crippen LogP contribution is 2.59. The van der Waals surface area contributed by atoms with Crippen molar-refractivity contribution in [1.82, 2.24) is 0 Å². The molecule has 33 heavy (non-hydrogen) atoms. The third kappa shape index (κ3) is 3.65. The highest BCUT2D eigenvalue weighted by molar-refractivity contribution is 7.93. The molecule has 2 fully saturated rings. The van der Waals surface area contributed by atoms with Gasteiger partial charge in [0, 0.05) is 10.4 Å². The van der Waals surface area contributed by atoms with Gasteiger partial charge in [-0.25, -0.2) is 21.6 Å². The standard InChI is InChI=1S/C23H24ClNO6S2/c1-31-22(26)16-4-9-20-19(14-16)23(10-12-32(27,28)13-11-23)21(15-2-3-15)25(20)33(29,30)18-7-5-17(24)6-8-18/h4-9,14-15,21H,2-3,10-13H2,1H3. The zero-order chi connectivity index (χ0) is 23.6. The van der Waals surface area contributed by atoms with Crippen LogP contribution in [0, 0.1) is 5.92 Å². The first-order valence-electron chi connectivity index (χ1n) is 10.8. The first kappa shape index (κ1) is 22.7. The number of nitrogens with zero attached hydrogens (tertiary/aromatic N) is 1. The lowest BCUT2D eigenvalue weighted by atomic mass is 9.70. The van der Waals surface area contributed by atoms with E-state index in [0.29, 0.717) is 29.1 Å². The normalized spacial score (nSPS) is 23.3. The monoisotopic (exact) mass is 509 g/mol. The molecule has 2 aromatic carbocycles. The molecule has 5 rings (SSSR count). The Kier molecular flexibility index (Phi) is 5.30. The summed E-state index contributed by atoms with van der Waals surface area (Å²) in [6, 6.07) is 10.6. The van der Waals surface area contributed by atoms with Crippen molar-refractivity contribution in [2.24, 2.45) is 5.92 Å². The van der Waals surface area contributed by atoms with E-state index in [4.69, 9.17) is 16.3 Å². The van der Waals surface area contributed by atoms with Gasteiger partial charge in [0.05, 0.1) is 40.8 Å². The number of benzene rings is 2. The van der Waals surface area contributed by atoms with Crippen LogP contribution >= 0.6 is 11.6 Å². The highest BCUT2D eigenvalue weighted by Gasteiger charge is 2.60. The van der Waals surface area contributed by atoms with Crippen molar-refractivity contribution in [1.29, 1.82) is 0 Å². The van der Waals surface area contributed by atoms with Crippen molar-refractivity contribution in [3.63, 3.8) is 0 Å². The van der Waals surface area contributed by atoms with Crippen LogP contribution < -0.4 is 4.31 Å². The van der Waals surface area contributed by atoms with Gasteiger partial charge >= 0.3 is 5.97 Å². The molecule has 1 unspecified atom stereocenters. The van der Waals surface area contributed by atoms with Crippen LogP contribution in [0.4, 0.5) is 5.69 Å². The van der Waals surface area contributed by atoms with Gasteiger partial charge < -0.3 is 4.74 Å². The van der Waals surface area contributed by atoms with Gasteiger partial charge in [0.25, 0.3) is 10.0 Å². The van der Waals surface area contributed by atoms with Gasteiger partial charge in [0.2, 0.25) is 0 Å². The van der Waals surface area contributed by atoms with Crippen LogP contribution in [-0.2, 0) is 30.0 Å². The quantitative estimate of drug-likeness (QED) is 0.584. The van der Waals surface area contributed by atoms with Crippen molar-refractivity contribution < 1.29 is 26.4 Å². The van der Waals surface area contributed by atoms with Crippen molar-refractivity contribution in [2.75, 3.05) is 22.9 Å². The Bertz CT molecular complexity index is 1320. The smallest absolute Gasteiger partial charge is 0.337 e. The SMILES string of the molecule is COC(=O)c1ccc2c(c1)C1(CCS(=O)(=O)CC1)C(C1CC1)N2S(=O)(=O)c1ccc(Cl)cc1. The summed E-state index contributed by atoms with van der Waals surface area (Å²) in [4.78, 5) is 12.4. The molecular formula is C23H24ClNO6S2. The molecule has 0 N–H and O–H groups in total. The number of carbonyl (C=O) groups is 1. The molecule has 1 atom stereocenters. The summed E-state index contributed by atoms with van der Waals surface area (Å²) >= 11 is 5.99. The molecule has 176 valence electrons. The van der Waals surface area contributed by atoms with E-state index in [1.54, 1.807) is 30.3 Å². The summed E-state index contributed by atoms with van der Waals surface area (Å²) in [6.45, 7) is 0. The number of esters is 1. The van der Waals surface area contributed by atoms with Crippen LogP contribution in [-0.4, -0.2) is 47.5 Å². The number of fused-ring (bicyclic) bond motifs is 2. The molecule has 2 heterocycles. The van der Waals surface area contributed by atoms with Gasteiger partial charge in [-0.05, 0) is 79.6 Å². The van der Waals surface area contributed by atoms with E-state index in [1.165, 1.54) is 23.5 Å². The van der Waals surface area contributed by atoms with E-state index < -0.39 is 37.3 Å². The molecule has 0 aromatic heterocycles. The Morgan fingerprint density at radius 2 is 1.73 bits per heavy atom. The number of anilines is 1. The maximum Gasteiger partial charge on any atom is 0.337 e. The van der Waals surface area contributed by atoms with Crippen LogP contribution in [0.1, 0.15) is 41.6 Å². The lowest BCUT2D eigenvalue weighted by Gasteiger charge is -2.41. The number of methoxy groups -OCH3 is 1. The number of hydrogen-bond acceptors (Lipinski definition) is 6. The predicted molar refractivity (Wildman–Crippen MR) is 125 cm³/mol. The van der Waals surface area contributed by atoms with E-state index in [2.05, 4.69) is 0 Å². The van der Waals surface area contributed by atoms with Gasteiger partial charge in [0.1, 0.15) is 9.84 Å². The number of ether oxygens (including phenoxy) is 1. The Hall–Kier alpha value is -2.10. The number of hydrogen-bond donors (Lipinski definition) is 0. The van der Waals surface area contributed by atoms with Crippen LogP contribution in [0.5, 0.6) is 0 Å². The third-order valence-electron chi connectivity index (χ3n) is 7.17. The minimum Gasteiger partial charge on any atom is -0.465 e. The molecule has 10 heteroatoms. The van der Waals surface area contributed by atoms with E-state index in [1.807, 2.05) is 0 Å². The summed E-state index contributed by atoms with van der Waals surface area (Å²) in [5.41, 5.74) is 0.874. The Morgan fingerprint density at radius 3 is 2.30 bits per heavy atom. The zero-order valence-electron chi connectivity index (χ0n) is 18.0. The number of carbonyl (C=O) groups excluding carboxylic acids is 1. The Balaban J connectivity index is 1.72. The molecule has 2 aromatic rings. The molecule has 1 aliphatic carbocycles. The van der Waals surface area contributed by atoms with E-state index in [0.717, 1.165) is 18.4 Å². The topological polar surface area (TPSA) is 97.8 Å². The number of sulfonamides is 1. The van der Waals surface area contributed by atoms with Gasteiger partial charge in [0.15, 0.2) is 0 Å². The van der Waals surface area contributed by atoms with Crippen LogP contribution in [0.15, 0.2) is 47.4 Å². The highest BCUT2D eigenvalue weighted by atomic mass is 35.5. The largest absolute Gasteiger partial charge is 0.465 e. The fourth-order valence-corrected chi connectivity index (χ4v) is 8.91. The van der Waals surface area contributed by atoms with Crippen LogP contribution in [0.2, 0.25) is 5.02 Å². The van der Waals surface area contributed by atoms with Crippen molar-refractivity contribution >= 4 is 43.1 Å². The van der Waals surface area contributed by atoms with Gasteiger partial charge in [-0.15, -0.1) is 0 Å². The second-order valence-electron chi connectivity index (χ2n) is 9.07. The van der Waals surface area contributed by atoms with E-state index in [-0.39, 0.29) is 22.3 Å². The van der Waals surface area contributed by atoms with Crippen LogP contribution in [0.3, 0.4) is 0 Å². The van der Waals surface area contributed by atoms with Gasteiger partial charge in [-0.2, -0.15) is 0 Å². The Labute approximate surface area is 198 Å². The van der Waals surface area contributed by atoms with E-state index in [9.17, 15) is 21.6 Å². The minimum absolute atomic E-state index is 0.00700. The summed E-state index contributed by atoms with van der Waals surface area (Å²) in [6.07, 6.45) is 2.40. The lowest BCUT2D eigenvalue weighted by Crippen LogP contribution is -2.52. The molecule has 2 aliphatic heterocycles. The molecule has 1 saturated carbocycles. The molecule has 1 saturated heterocycles. The van der Waals surface area contributed by atoms with Crippen molar-refractivity contribution in [3.8, 4) is 0 Å². The van der Waals surface area contributed by atoms with Crippen molar-refractivity contribution in [3.05, 3.63) is 58.6 Å². The zero-order valence-corrected chi connectivity index (χ0v) is 20.4. The first-order valence-corrected chi connectivity index (χ1v) is 14.5. The first-order chi connectivity index (χ1) is 15.6. The second kappa shape index (κ2) is 7.71. The molecule has 7 nitrogen and oxygen atoms in total. The average Bonchev–Trinajstić information content (AvgIpc) is 3.58. The molecule has 0 bridgehead atoms. The van der Waals surface area contributed by atoms with Gasteiger partial charge in [-0.3, -0.25) is 4.31 Å². The van der Waals surface area contributed by atoms with E-state index >= 15 is 0 Å². The predicted octanol–water partition coefficient (Wildman–Crippen LogP) is 3.56. The van der Waals surface area contributed by atoms with Crippen LogP contribution in [0.25, 0.3) is 0 Å². The maximum absolute atomic E-state index is 14.0. The molecule has 0 radical (unpaired) electrons.